The summed E-state index contributed by atoms with van der Waals surface area (Å²) < 4.78 is 7.12. The molecule has 1 N–H and O–H groups in total. The van der Waals surface area contributed by atoms with Crippen LogP contribution in [0.4, 0.5) is 5.95 Å². The number of carbonyl (C=O) groups is 1. The molecule has 0 radical (unpaired) electrons. The van der Waals surface area contributed by atoms with Crippen LogP contribution < -0.4 is 10.1 Å². The summed E-state index contributed by atoms with van der Waals surface area (Å²) in [5.74, 6) is 2.47. The molecular formula is C23H22N4O2. The lowest BCUT2D eigenvalue weighted by atomic mass is 9.78. The Labute approximate surface area is 169 Å². The summed E-state index contributed by atoms with van der Waals surface area (Å²) in [5, 5.41) is 7.98. The predicted molar refractivity (Wildman–Crippen MR) is 110 cm³/mol. The van der Waals surface area contributed by atoms with Gasteiger partial charge in [-0.3, -0.25) is 4.79 Å². The van der Waals surface area contributed by atoms with E-state index in [4.69, 9.17) is 4.74 Å². The zero-order valence-corrected chi connectivity index (χ0v) is 16.4. The van der Waals surface area contributed by atoms with Crippen molar-refractivity contribution in [3.05, 3.63) is 82.8 Å². The lowest BCUT2D eigenvalue weighted by Gasteiger charge is -2.35. The number of hydrogen-bond donors (Lipinski definition) is 1. The summed E-state index contributed by atoms with van der Waals surface area (Å²) in [5.41, 5.74) is 3.94. The zero-order valence-electron chi connectivity index (χ0n) is 16.4. The first-order valence-electron chi connectivity index (χ1n) is 9.79. The highest BCUT2D eigenvalue weighted by Gasteiger charge is 2.39. The number of methoxy groups -OCH3 is 1. The van der Waals surface area contributed by atoms with Gasteiger partial charge in [-0.1, -0.05) is 42.5 Å². The van der Waals surface area contributed by atoms with Gasteiger partial charge < -0.3 is 10.1 Å². The first-order valence-corrected chi connectivity index (χ1v) is 9.79. The van der Waals surface area contributed by atoms with Crippen LogP contribution in [0.25, 0.3) is 0 Å². The topological polar surface area (TPSA) is 69.0 Å². The van der Waals surface area contributed by atoms with Gasteiger partial charge in [0.2, 0.25) is 5.95 Å². The molecule has 2 aliphatic rings. The number of ether oxygens (including phenoxy) is 1. The number of nitrogens with one attached hydrogen (secondary N) is 1. The molecule has 2 heterocycles. The van der Waals surface area contributed by atoms with Gasteiger partial charge in [-0.05, 0) is 42.5 Å². The van der Waals surface area contributed by atoms with Gasteiger partial charge in [-0.15, -0.1) is 0 Å². The molecule has 146 valence electrons. The Kier molecular flexibility index (Phi) is 4.19. The third kappa shape index (κ3) is 3.01. The van der Waals surface area contributed by atoms with E-state index in [-0.39, 0.29) is 17.7 Å². The molecular weight excluding hydrogens is 364 g/mol. The van der Waals surface area contributed by atoms with E-state index in [0.29, 0.717) is 18.2 Å². The Morgan fingerprint density at radius 2 is 1.79 bits per heavy atom. The smallest absolute Gasteiger partial charge is 0.226 e. The Hall–Kier alpha value is -3.41. The summed E-state index contributed by atoms with van der Waals surface area (Å²) in [6.45, 7) is 1.87. The molecule has 3 aromatic rings. The number of aromatic nitrogens is 3. The van der Waals surface area contributed by atoms with Gasteiger partial charge in [0.15, 0.2) is 5.78 Å². The summed E-state index contributed by atoms with van der Waals surface area (Å²) in [7, 11) is 1.65. The molecule has 2 atom stereocenters. The van der Waals surface area contributed by atoms with Gasteiger partial charge in [0, 0.05) is 17.7 Å². The monoisotopic (exact) mass is 386 g/mol. The molecule has 29 heavy (non-hydrogen) atoms. The minimum atomic E-state index is -0.280. The van der Waals surface area contributed by atoms with Gasteiger partial charge in [0.1, 0.15) is 17.6 Å². The molecule has 0 bridgehead atoms. The largest absolute Gasteiger partial charge is 0.497 e. The van der Waals surface area contributed by atoms with Crippen LogP contribution in [0.2, 0.25) is 0 Å². The van der Waals surface area contributed by atoms with Gasteiger partial charge in [0.25, 0.3) is 0 Å². The van der Waals surface area contributed by atoms with Gasteiger partial charge >= 0.3 is 0 Å². The molecule has 0 saturated carbocycles. The highest BCUT2D eigenvalue weighted by molar-refractivity contribution is 6.00. The van der Waals surface area contributed by atoms with Crippen molar-refractivity contribution in [2.75, 3.05) is 12.4 Å². The number of anilines is 1. The number of hydrogen-bond acceptors (Lipinski definition) is 5. The van der Waals surface area contributed by atoms with E-state index < -0.39 is 0 Å². The molecule has 0 saturated heterocycles. The highest BCUT2D eigenvalue weighted by atomic mass is 16.5. The van der Waals surface area contributed by atoms with Crippen molar-refractivity contribution in [2.45, 2.75) is 31.7 Å². The van der Waals surface area contributed by atoms with Crippen molar-refractivity contribution < 1.29 is 9.53 Å². The minimum Gasteiger partial charge on any atom is -0.497 e. The second-order valence-corrected chi connectivity index (χ2v) is 7.56. The fraction of sp³-hybridized carbons (Fsp3) is 0.261. The maximum Gasteiger partial charge on any atom is 0.226 e. The number of nitrogens with zero attached hydrogens (tertiary/aromatic N) is 3. The number of benzene rings is 2. The second-order valence-electron chi connectivity index (χ2n) is 7.56. The summed E-state index contributed by atoms with van der Waals surface area (Å²) >= 11 is 0. The molecule has 0 amide bonds. The van der Waals surface area contributed by atoms with Crippen LogP contribution in [0.3, 0.4) is 0 Å². The molecule has 0 spiro atoms. The number of rotatable bonds is 3. The number of aryl methyl sites for hydroxylation is 1. The molecule has 1 aliphatic heterocycles. The molecule has 1 aromatic heterocycles. The Bertz CT molecular complexity index is 1100. The number of allylic oxidation sites excluding steroid dienone is 2. The normalized spacial score (nSPS) is 20.7. The number of fused-ring (bicyclic) bond motifs is 1. The average molecular weight is 386 g/mol. The van der Waals surface area contributed by atoms with E-state index in [1.165, 1.54) is 5.56 Å². The third-order valence-corrected chi connectivity index (χ3v) is 5.73. The standard InChI is InChI=1S/C23H22N4O2/c1-14-24-23-25-19-12-17(15-6-4-3-5-7-15)13-20(28)21(19)22(27(23)26-14)16-8-10-18(29-2)11-9-16/h3-11,17,22H,12-13H2,1-2H3,(H,24,25,26). The first kappa shape index (κ1) is 17.7. The highest BCUT2D eigenvalue weighted by Crippen LogP contribution is 2.44. The zero-order chi connectivity index (χ0) is 20.0. The minimum absolute atomic E-state index is 0.159. The molecule has 1 aliphatic carbocycles. The van der Waals surface area contributed by atoms with Crippen LogP contribution in [-0.4, -0.2) is 27.7 Å². The Balaban J connectivity index is 1.60. The summed E-state index contributed by atoms with van der Waals surface area (Å²) in [4.78, 5) is 17.9. The van der Waals surface area contributed by atoms with E-state index in [1.54, 1.807) is 7.11 Å². The Morgan fingerprint density at radius 1 is 1.03 bits per heavy atom. The molecule has 0 fully saturated rings. The Morgan fingerprint density at radius 3 is 2.52 bits per heavy atom. The van der Waals surface area contributed by atoms with Crippen molar-refractivity contribution in [2.24, 2.45) is 0 Å². The second kappa shape index (κ2) is 6.88. The van der Waals surface area contributed by atoms with Crippen LogP contribution in [0, 0.1) is 6.92 Å². The fourth-order valence-electron chi connectivity index (χ4n) is 4.37. The summed E-state index contributed by atoms with van der Waals surface area (Å²) in [6.07, 6.45) is 1.28. The van der Waals surface area contributed by atoms with Gasteiger partial charge in [0.05, 0.1) is 7.11 Å². The van der Waals surface area contributed by atoms with Gasteiger partial charge in [-0.25, -0.2) is 4.68 Å². The maximum atomic E-state index is 13.4. The average Bonchev–Trinajstić information content (AvgIpc) is 3.12. The van der Waals surface area contributed by atoms with E-state index in [9.17, 15) is 4.79 Å². The first-order chi connectivity index (χ1) is 14.1. The molecule has 2 unspecified atom stereocenters. The van der Waals surface area contributed by atoms with E-state index in [1.807, 2.05) is 54.1 Å². The maximum absolute atomic E-state index is 13.4. The van der Waals surface area contributed by atoms with Crippen molar-refractivity contribution in [1.29, 1.82) is 0 Å². The lowest BCUT2D eigenvalue weighted by molar-refractivity contribution is -0.116. The van der Waals surface area contributed by atoms with E-state index in [0.717, 1.165) is 29.0 Å². The molecule has 6 heteroatoms. The fourth-order valence-corrected chi connectivity index (χ4v) is 4.37. The van der Waals surface area contributed by atoms with Crippen molar-refractivity contribution >= 4 is 11.7 Å². The molecule has 6 nitrogen and oxygen atoms in total. The number of Topliss-reactive ketones (excluding diaryl/α,β-unsaturated/α-hetero) is 1. The summed E-state index contributed by atoms with van der Waals surface area (Å²) in [6, 6.07) is 17.8. The SMILES string of the molecule is COc1ccc(C2C3=C(CC(c4ccccc4)CC3=O)Nc3nc(C)nn32)cc1. The number of ketones is 1. The van der Waals surface area contributed by atoms with E-state index in [2.05, 4.69) is 27.5 Å². The lowest BCUT2D eigenvalue weighted by Crippen LogP contribution is -2.33. The third-order valence-electron chi connectivity index (χ3n) is 5.73. The van der Waals surface area contributed by atoms with Crippen LogP contribution in [-0.2, 0) is 4.79 Å². The van der Waals surface area contributed by atoms with Crippen LogP contribution in [0.1, 0.15) is 41.8 Å². The van der Waals surface area contributed by atoms with Gasteiger partial charge in [-0.2, -0.15) is 10.1 Å². The van der Waals surface area contributed by atoms with Crippen molar-refractivity contribution in [3.8, 4) is 5.75 Å². The van der Waals surface area contributed by atoms with Crippen LogP contribution in [0.15, 0.2) is 65.9 Å². The van der Waals surface area contributed by atoms with Crippen molar-refractivity contribution in [3.63, 3.8) is 0 Å². The number of carbonyl (C=O) groups excluding carboxylic acids is 1. The van der Waals surface area contributed by atoms with E-state index >= 15 is 0 Å². The van der Waals surface area contributed by atoms with Crippen molar-refractivity contribution in [1.82, 2.24) is 14.8 Å². The quantitative estimate of drug-likeness (QED) is 0.737. The molecule has 5 rings (SSSR count). The molecule has 2 aromatic carbocycles. The predicted octanol–water partition coefficient (Wildman–Crippen LogP) is 4.01. The van der Waals surface area contributed by atoms with Crippen LogP contribution in [0.5, 0.6) is 5.75 Å². The van der Waals surface area contributed by atoms with Crippen LogP contribution >= 0.6 is 0 Å².